The third-order valence-electron chi connectivity index (χ3n) is 5.85. The van der Waals surface area contributed by atoms with Crippen LogP contribution in [0.25, 0.3) is 27.6 Å². The molecule has 4 N–H and O–H groups in total. The van der Waals surface area contributed by atoms with Crippen LogP contribution in [-0.2, 0) is 0 Å². The standard InChI is InChI=1S/C22H22N10/c23-5-1-18(27-11-16(9-24)19-17-3-7-26-21(17)30-13-29-19)15-4-8-32(12-15)22-28-10-14-2-6-25-20(14)31-22/h2-3,6-7,9-11,13,15,18H,1,4,8,12,24H2,(H,25,28,31)(H,26,29,30). The highest BCUT2D eigenvalue weighted by molar-refractivity contribution is 6.13. The van der Waals surface area contributed by atoms with E-state index in [1.165, 1.54) is 12.5 Å². The summed E-state index contributed by atoms with van der Waals surface area (Å²) < 4.78 is 0. The average Bonchev–Trinajstić information content (AvgIpc) is 3.58. The quantitative estimate of drug-likeness (QED) is 0.401. The normalized spacial score (nSPS) is 18.0. The van der Waals surface area contributed by atoms with Gasteiger partial charge in [-0.3, -0.25) is 4.99 Å². The van der Waals surface area contributed by atoms with Crippen molar-refractivity contribution >= 4 is 39.8 Å². The van der Waals surface area contributed by atoms with E-state index < -0.39 is 0 Å². The van der Waals surface area contributed by atoms with Crippen molar-refractivity contribution < 1.29 is 0 Å². The lowest BCUT2D eigenvalue weighted by atomic mass is 9.97. The van der Waals surface area contributed by atoms with Crippen LogP contribution >= 0.6 is 0 Å². The number of aromatic nitrogens is 6. The Kier molecular flexibility index (Phi) is 5.21. The summed E-state index contributed by atoms with van der Waals surface area (Å²) in [5.74, 6) is 0.908. The topological polar surface area (TPSA) is 149 Å². The number of anilines is 1. The van der Waals surface area contributed by atoms with Crippen molar-refractivity contribution in [2.45, 2.75) is 18.9 Å². The number of aliphatic imine (C=N–C) groups is 1. The van der Waals surface area contributed by atoms with Crippen molar-refractivity contribution in [3.05, 3.63) is 48.9 Å². The molecule has 0 aromatic carbocycles. The Hall–Kier alpha value is -4.26. The summed E-state index contributed by atoms with van der Waals surface area (Å²) in [6.07, 6.45) is 11.4. The summed E-state index contributed by atoms with van der Waals surface area (Å²) in [6.45, 7) is 1.57. The first kappa shape index (κ1) is 19.7. The highest BCUT2D eigenvalue weighted by atomic mass is 15.3. The van der Waals surface area contributed by atoms with Crippen molar-refractivity contribution in [3.63, 3.8) is 0 Å². The highest BCUT2D eigenvalue weighted by Crippen LogP contribution is 2.27. The second-order valence-corrected chi connectivity index (χ2v) is 7.74. The number of allylic oxidation sites excluding steroid dienone is 1. The molecule has 0 aliphatic carbocycles. The Bertz CT molecular complexity index is 1340. The van der Waals surface area contributed by atoms with E-state index in [1.54, 1.807) is 6.21 Å². The zero-order valence-corrected chi connectivity index (χ0v) is 17.3. The lowest BCUT2D eigenvalue weighted by Gasteiger charge is -2.19. The minimum absolute atomic E-state index is 0.155. The zero-order valence-electron chi connectivity index (χ0n) is 17.3. The molecule has 160 valence electrons. The van der Waals surface area contributed by atoms with E-state index in [1.807, 2.05) is 30.7 Å². The third-order valence-corrected chi connectivity index (χ3v) is 5.85. The lowest BCUT2D eigenvalue weighted by molar-refractivity contribution is 0.468. The van der Waals surface area contributed by atoms with Crippen LogP contribution in [-0.4, -0.2) is 55.2 Å². The van der Waals surface area contributed by atoms with Gasteiger partial charge >= 0.3 is 0 Å². The Balaban J connectivity index is 1.34. The number of nitrogens with zero attached hydrogens (tertiary/aromatic N) is 7. The van der Waals surface area contributed by atoms with E-state index in [0.717, 1.165) is 41.6 Å². The van der Waals surface area contributed by atoms with E-state index in [0.29, 0.717) is 23.6 Å². The van der Waals surface area contributed by atoms with Crippen molar-refractivity contribution in [2.24, 2.45) is 16.6 Å². The molecule has 0 radical (unpaired) electrons. The Morgan fingerprint density at radius 3 is 3.03 bits per heavy atom. The molecular weight excluding hydrogens is 404 g/mol. The van der Waals surface area contributed by atoms with E-state index in [4.69, 9.17) is 10.7 Å². The van der Waals surface area contributed by atoms with Gasteiger partial charge < -0.3 is 20.6 Å². The molecule has 32 heavy (non-hydrogen) atoms. The number of hydrogen-bond acceptors (Lipinski definition) is 8. The summed E-state index contributed by atoms with van der Waals surface area (Å²) in [6, 6.07) is 5.98. The average molecular weight is 426 g/mol. The van der Waals surface area contributed by atoms with Gasteiger partial charge in [0.15, 0.2) is 0 Å². The molecule has 2 atom stereocenters. The molecule has 1 aliphatic rings. The predicted molar refractivity (Wildman–Crippen MR) is 123 cm³/mol. The van der Waals surface area contributed by atoms with Gasteiger partial charge in [0.25, 0.3) is 0 Å². The maximum absolute atomic E-state index is 9.40. The van der Waals surface area contributed by atoms with Crippen molar-refractivity contribution in [2.75, 3.05) is 18.0 Å². The highest BCUT2D eigenvalue weighted by Gasteiger charge is 2.30. The Labute approximate surface area is 183 Å². The minimum atomic E-state index is -0.155. The maximum atomic E-state index is 9.40. The summed E-state index contributed by atoms with van der Waals surface area (Å²) in [7, 11) is 0. The number of H-pyrrole nitrogens is 2. The fourth-order valence-corrected chi connectivity index (χ4v) is 4.16. The van der Waals surface area contributed by atoms with E-state index >= 15 is 0 Å². The van der Waals surface area contributed by atoms with Crippen LogP contribution in [0.3, 0.4) is 0 Å². The molecule has 0 spiro atoms. The second kappa shape index (κ2) is 8.47. The summed E-state index contributed by atoms with van der Waals surface area (Å²) in [5.41, 5.74) is 8.85. The van der Waals surface area contributed by atoms with Gasteiger partial charge in [-0.25, -0.2) is 15.0 Å². The van der Waals surface area contributed by atoms with Gasteiger partial charge in [0.05, 0.1) is 24.2 Å². The van der Waals surface area contributed by atoms with Crippen LogP contribution in [0.2, 0.25) is 0 Å². The molecule has 1 saturated heterocycles. The van der Waals surface area contributed by atoms with Crippen LogP contribution in [0.4, 0.5) is 5.95 Å². The van der Waals surface area contributed by atoms with Gasteiger partial charge in [-0.2, -0.15) is 10.2 Å². The second-order valence-electron chi connectivity index (χ2n) is 7.74. The minimum Gasteiger partial charge on any atom is -0.404 e. The van der Waals surface area contributed by atoms with Gasteiger partial charge in [0.2, 0.25) is 5.95 Å². The van der Waals surface area contributed by atoms with E-state index in [9.17, 15) is 5.26 Å². The van der Waals surface area contributed by atoms with Gasteiger partial charge in [0, 0.05) is 66.4 Å². The fraction of sp³-hybridized carbons (Fsp3) is 0.273. The predicted octanol–water partition coefficient (Wildman–Crippen LogP) is 2.41. The molecule has 5 rings (SSSR count). The first-order chi connectivity index (χ1) is 15.8. The molecule has 10 nitrogen and oxygen atoms in total. The molecule has 2 unspecified atom stereocenters. The molecule has 0 saturated carbocycles. The molecule has 0 amide bonds. The zero-order chi connectivity index (χ0) is 21.9. The first-order valence-corrected chi connectivity index (χ1v) is 10.4. The number of nitriles is 1. The van der Waals surface area contributed by atoms with Crippen molar-refractivity contribution in [3.8, 4) is 6.07 Å². The number of nitrogens with two attached hydrogens (primary N) is 1. The van der Waals surface area contributed by atoms with E-state index in [2.05, 4.69) is 40.9 Å². The largest absolute Gasteiger partial charge is 0.404 e. The number of fused-ring (bicyclic) bond motifs is 2. The van der Waals surface area contributed by atoms with Crippen LogP contribution in [0, 0.1) is 17.2 Å². The van der Waals surface area contributed by atoms with Gasteiger partial charge in [-0.05, 0) is 18.6 Å². The molecule has 1 fully saturated rings. The SMILES string of the molecule is N#CCC(N=CC(=CN)c1ncnc2[nH]ccc12)C1CCN(c2ncc3cc[nH]c3n2)C1. The number of aromatic amines is 2. The van der Waals surface area contributed by atoms with Crippen LogP contribution in [0.1, 0.15) is 18.5 Å². The van der Waals surface area contributed by atoms with Crippen molar-refractivity contribution in [1.29, 1.82) is 5.26 Å². The Morgan fingerprint density at radius 1 is 1.28 bits per heavy atom. The molecule has 4 aromatic rings. The lowest BCUT2D eigenvalue weighted by Crippen LogP contribution is -2.26. The molecule has 0 bridgehead atoms. The molecule has 5 heterocycles. The molecule has 10 heteroatoms. The summed E-state index contributed by atoms with van der Waals surface area (Å²) in [4.78, 5) is 30.8. The van der Waals surface area contributed by atoms with Crippen LogP contribution in [0.15, 0.2) is 48.2 Å². The molecular formula is C22H22N10. The number of nitrogens with one attached hydrogen (secondary N) is 2. The maximum Gasteiger partial charge on any atom is 0.227 e. The third kappa shape index (κ3) is 3.65. The molecule has 4 aromatic heterocycles. The molecule has 1 aliphatic heterocycles. The monoisotopic (exact) mass is 426 g/mol. The summed E-state index contributed by atoms with van der Waals surface area (Å²) >= 11 is 0. The van der Waals surface area contributed by atoms with Crippen molar-refractivity contribution in [1.82, 2.24) is 29.9 Å². The smallest absolute Gasteiger partial charge is 0.227 e. The number of rotatable bonds is 6. The summed E-state index contributed by atoms with van der Waals surface area (Å²) in [5, 5.41) is 11.3. The number of hydrogen-bond donors (Lipinski definition) is 3. The fourth-order valence-electron chi connectivity index (χ4n) is 4.16. The van der Waals surface area contributed by atoms with Crippen LogP contribution in [0.5, 0.6) is 0 Å². The first-order valence-electron chi connectivity index (χ1n) is 10.4. The van der Waals surface area contributed by atoms with Gasteiger partial charge in [0.1, 0.15) is 17.6 Å². The van der Waals surface area contributed by atoms with E-state index in [-0.39, 0.29) is 12.0 Å². The van der Waals surface area contributed by atoms with Crippen LogP contribution < -0.4 is 10.6 Å². The Morgan fingerprint density at radius 2 is 2.16 bits per heavy atom. The van der Waals surface area contributed by atoms with Gasteiger partial charge in [-0.15, -0.1) is 0 Å². The van der Waals surface area contributed by atoms with Gasteiger partial charge in [-0.1, -0.05) is 0 Å².